The molecule has 3 aromatic rings. The number of nitrogens with zero attached hydrogens (tertiary/aromatic N) is 2. The highest BCUT2D eigenvalue weighted by Crippen LogP contribution is 2.35. The molecular weight excluding hydrogens is 314 g/mol. The van der Waals surface area contributed by atoms with E-state index >= 15 is 0 Å². The molecule has 25 heavy (non-hydrogen) atoms. The lowest BCUT2D eigenvalue weighted by Gasteiger charge is -2.31. The van der Waals surface area contributed by atoms with Crippen LogP contribution in [0.2, 0.25) is 0 Å². The molecular formula is C20H19N3O2. The molecule has 0 saturated carbocycles. The topological polar surface area (TPSA) is 54.3 Å². The molecule has 0 bridgehead atoms. The first-order chi connectivity index (χ1) is 12.3. The minimum atomic E-state index is 0.620. The quantitative estimate of drug-likeness (QED) is 0.746. The number of anilines is 1. The van der Waals surface area contributed by atoms with E-state index < -0.39 is 0 Å². The molecule has 1 N–H and O–H groups in total. The van der Waals surface area contributed by atoms with Crippen molar-refractivity contribution in [2.45, 2.75) is 0 Å². The van der Waals surface area contributed by atoms with Crippen molar-refractivity contribution in [2.75, 3.05) is 31.1 Å². The standard InChI is InChI=1S/C20H19N3O2/c24-13-15-4-3-5-16(12-15)23-19-7-2-1-6-17(19)18(14-25)20(23)22-10-8-21-9-11-22/h1-7,12-14,21H,8-11H2. The van der Waals surface area contributed by atoms with Crippen molar-refractivity contribution in [3.05, 3.63) is 59.7 Å². The van der Waals surface area contributed by atoms with E-state index in [0.29, 0.717) is 11.1 Å². The van der Waals surface area contributed by atoms with E-state index in [1.54, 1.807) is 6.07 Å². The van der Waals surface area contributed by atoms with Crippen LogP contribution in [0.4, 0.5) is 5.82 Å². The van der Waals surface area contributed by atoms with Gasteiger partial charge in [0.25, 0.3) is 0 Å². The van der Waals surface area contributed by atoms with E-state index in [-0.39, 0.29) is 0 Å². The number of rotatable bonds is 4. The second-order valence-electron chi connectivity index (χ2n) is 6.16. The lowest BCUT2D eigenvalue weighted by Crippen LogP contribution is -2.44. The summed E-state index contributed by atoms with van der Waals surface area (Å²) in [5.41, 5.74) is 3.19. The van der Waals surface area contributed by atoms with Gasteiger partial charge in [0, 0.05) is 42.8 Å². The van der Waals surface area contributed by atoms with Crippen LogP contribution in [0.5, 0.6) is 0 Å². The summed E-state index contributed by atoms with van der Waals surface area (Å²) < 4.78 is 2.09. The van der Waals surface area contributed by atoms with E-state index in [1.165, 1.54) is 0 Å². The molecule has 0 amide bonds. The molecule has 0 atom stereocenters. The number of piperazine rings is 1. The van der Waals surface area contributed by atoms with Crippen LogP contribution in [-0.2, 0) is 0 Å². The van der Waals surface area contributed by atoms with Crippen LogP contribution >= 0.6 is 0 Å². The van der Waals surface area contributed by atoms with E-state index in [9.17, 15) is 9.59 Å². The molecule has 1 aromatic heterocycles. The molecule has 1 fully saturated rings. The zero-order valence-electron chi connectivity index (χ0n) is 13.8. The highest BCUT2D eigenvalue weighted by Gasteiger charge is 2.23. The largest absolute Gasteiger partial charge is 0.355 e. The number of carbonyl (C=O) groups excluding carboxylic acids is 2. The maximum Gasteiger partial charge on any atom is 0.154 e. The van der Waals surface area contributed by atoms with E-state index in [0.717, 1.165) is 61.2 Å². The van der Waals surface area contributed by atoms with Crippen molar-refractivity contribution in [2.24, 2.45) is 0 Å². The predicted octanol–water partition coefficient (Wildman–Crippen LogP) is 2.67. The van der Waals surface area contributed by atoms with Crippen LogP contribution in [0.1, 0.15) is 20.7 Å². The highest BCUT2D eigenvalue weighted by atomic mass is 16.1. The summed E-state index contributed by atoms with van der Waals surface area (Å²) in [5, 5.41) is 4.28. The first-order valence-electron chi connectivity index (χ1n) is 8.43. The minimum absolute atomic E-state index is 0.620. The third-order valence-corrected chi connectivity index (χ3v) is 4.69. The fourth-order valence-corrected chi connectivity index (χ4v) is 3.55. The molecule has 0 spiro atoms. The lowest BCUT2D eigenvalue weighted by molar-refractivity contribution is 0.111. The van der Waals surface area contributed by atoms with Gasteiger partial charge in [-0.2, -0.15) is 0 Å². The molecule has 4 rings (SSSR count). The molecule has 1 saturated heterocycles. The number of nitrogens with one attached hydrogen (secondary N) is 1. The van der Waals surface area contributed by atoms with Crippen molar-refractivity contribution >= 4 is 29.3 Å². The Bertz CT molecular complexity index is 939. The molecule has 126 valence electrons. The third kappa shape index (κ3) is 2.62. The van der Waals surface area contributed by atoms with Gasteiger partial charge in [0.2, 0.25) is 0 Å². The van der Waals surface area contributed by atoms with Crippen molar-refractivity contribution < 1.29 is 9.59 Å². The number of para-hydroxylation sites is 1. The van der Waals surface area contributed by atoms with Crippen LogP contribution in [-0.4, -0.2) is 43.3 Å². The normalized spacial score (nSPS) is 14.6. The Kier molecular flexibility index (Phi) is 4.07. The predicted molar refractivity (Wildman–Crippen MR) is 99.1 cm³/mol. The van der Waals surface area contributed by atoms with E-state index in [4.69, 9.17) is 0 Å². The Morgan fingerprint density at radius 1 is 0.920 bits per heavy atom. The van der Waals surface area contributed by atoms with Gasteiger partial charge in [0.05, 0.1) is 11.1 Å². The Morgan fingerprint density at radius 3 is 2.48 bits per heavy atom. The minimum Gasteiger partial charge on any atom is -0.355 e. The van der Waals surface area contributed by atoms with Gasteiger partial charge in [-0.1, -0.05) is 30.3 Å². The van der Waals surface area contributed by atoms with Crippen molar-refractivity contribution in [3.8, 4) is 5.69 Å². The Labute approximate surface area is 145 Å². The second kappa shape index (κ2) is 6.53. The van der Waals surface area contributed by atoms with Crippen LogP contribution in [0.3, 0.4) is 0 Å². The van der Waals surface area contributed by atoms with E-state index in [2.05, 4.69) is 14.8 Å². The van der Waals surface area contributed by atoms with E-state index in [1.807, 2.05) is 42.5 Å². The summed E-state index contributed by atoms with van der Waals surface area (Å²) in [7, 11) is 0. The van der Waals surface area contributed by atoms with Crippen molar-refractivity contribution in [1.29, 1.82) is 0 Å². The zero-order chi connectivity index (χ0) is 17.2. The molecule has 2 aromatic carbocycles. The number of hydrogen-bond acceptors (Lipinski definition) is 4. The molecule has 5 nitrogen and oxygen atoms in total. The summed E-state index contributed by atoms with van der Waals surface area (Å²) in [6, 6.07) is 15.4. The Morgan fingerprint density at radius 2 is 1.72 bits per heavy atom. The number of carbonyl (C=O) groups is 2. The molecule has 5 heteroatoms. The number of fused-ring (bicyclic) bond motifs is 1. The first-order valence-corrected chi connectivity index (χ1v) is 8.43. The van der Waals surface area contributed by atoms with Crippen LogP contribution < -0.4 is 10.2 Å². The van der Waals surface area contributed by atoms with Gasteiger partial charge in [-0.3, -0.25) is 14.2 Å². The summed E-state index contributed by atoms with van der Waals surface area (Å²) in [6.45, 7) is 3.44. The maximum absolute atomic E-state index is 11.9. The summed E-state index contributed by atoms with van der Waals surface area (Å²) >= 11 is 0. The SMILES string of the molecule is O=Cc1cccc(-n2c(N3CCNCC3)c(C=O)c3ccccc32)c1. The van der Waals surface area contributed by atoms with Gasteiger partial charge in [0.15, 0.2) is 6.29 Å². The highest BCUT2D eigenvalue weighted by molar-refractivity contribution is 6.05. The average molecular weight is 333 g/mol. The molecule has 1 aliphatic rings. The zero-order valence-corrected chi connectivity index (χ0v) is 13.8. The fourth-order valence-electron chi connectivity index (χ4n) is 3.55. The molecule has 0 radical (unpaired) electrons. The van der Waals surface area contributed by atoms with Gasteiger partial charge >= 0.3 is 0 Å². The molecule has 2 heterocycles. The first kappa shape index (κ1) is 15.6. The van der Waals surface area contributed by atoms with Crippen LogP contribution in [0, 0.1) is 0 Å². The number of hydrogen-bond donors (Lipinski definition) is 1. The van der Waals surface area contributed by atoms with Crippen molar-refractivity contribution in [3.63, 3.8) is 0 Å². The Balaban J connectivity index is 2.03. The van der Waals surface area contributed by atoms with Crippen LogP contribution in [0.25, 0.3) is 16.6 Å². The fraction of sp³-hybridized carbons (Fsp3) is 0.200. The number of benzene rings is 2. The lowest BCUT2D eigenvalue weighted by atomic mass is 10.2. The number of aldehydes is 2. The van der Waals surface area contributed by atoms with Gasteiger partial charge in [-0.05, 0) is 18.2 Å². The smallest absolute Gasteiger partial charge is 0.154 e. The Hall–Kier alpha value is -2.92. The molecule has 1 aliphatic heterocycles. The average Bonchev–Trinajstić information content (AvgIpc) is 3.03. The van der Waals surface area contributed by atoms with Gasteiger partial charge in [-0.25, -0.2) is 0 Å². The van der Waals surface area contributed by atoms with Gasteiger partial charge in [0.1, 0.15) is 12.1 Å². The molecule has 0 unspecified atom stereocenters. The summed E-state index contributed by atoms with van der Waals surface area (Å²) in [4.78, 5) is 25.4. The second-order valence-corrected chi connectivity index (χ2v) is 6.16. The number of aromatic nitrogens is 1. The summed E-state index contributed by atoms with van der Waals surface area (Å²) in [5.74, 6) is 0.903. The van der Waals surface area contributed by atoms with Crippen molar-refractivity contribution in [1.82, 2.24) is 9.88 Å². The maximum atomic E-state index is 11.9. The molecule has 0 aliphatic carbocycles. The summed E-state index contributed by atoms with van der Waals surface area (Å²) in [6.07, 6.45) is 1.79. The monoisotopic (exact) mass is 333 g/mol. The third-order valence-electron chi connectivity index (χ3n) is 4.69. The van der Waals surface area contributed by atoms with Crippen LogP contribution in [0.15, 0.2) is 48.5 Å². The van der Waals surface area contributed by atoms with Gasteiger partial charge < -0.3 is 10.2 Å². The van der Waals surface area contributed by atoms with Gasteiger partial charge in [-0.15, -0.1) is 0 Å².